The van der Waals surface area contributed by atoms with E-state index >= 15 is 0 Å². The van der Waals surface area contributed by atoms with Crippen LogP contribution in [0.25, 0.3) is 27.6 Å². The van der Waals surface area contributed by atoms with Crippen molar-refractivity contribution in [2.75, 3.05) is 22.9 Å². The Kier molecular flexibility index (Phi) is 14.0. The van der Waals surface area contributed by atoms with Crippen molar-refractivity contribution >= 4 is 120 Å². The van der Waals surface area contributed by atoms with Crippen molar-refractivity contribution in [1.29, 1.82) is 0 Å². The zero-order valence-corrected chi connectivity index (χ0v) is 40.5. The quantitative estimate of drug-likeness (QED) is 0.115. The Balaban J connectivity index is 0.000000208. The summed E-state index contributed by atoms with van der Waals surface area (Å²) < 4.78 is 3.63. The first-order chi connectivity index (χ1) is 28.9. The van der Waals surface area contributed by atoms with E-state index in [2.05, 4.69) is 101 Å². The van der Waals surface area contributed by atoms with E-state index in [0.29, 0.717) is 52.6 Å². The monoisotopic (exact) mass is 1060 g/mol. The van der Waals surface area contributed by atoms with Gasteiger partial charge in [-0.3, -0.25) is 14.4 Å². The number of rotatable bonds is 13. The third-order valence-corrected chi connectivity index (χ3v) is 13.8. The van der Waals surface area contributed by atoms with Gasteiger partial charge in [0.2, 0.25) is 0 Å². The molecule has 8 rings (SSSR count). The molecule has 0 radical (unpaired) electrons. The van der Waals surface area contributed by atoms with Crippen molar-refractivity contribution in [3.63, 3.8) is 0 Å². The van der Waals surface area contributed by atoms with E-state index in [4.69, 9.17) is 0 Å². The van der Waals surface area contributed by atoms with Gasteiger partial charge in [-0.1, -0.05) is 154 Å². The van der Waals surface area contributed by atoms with Crippen molar-refractivity contribution in [1.82, 2.24) is 4.98 Å². The topological polar surface area (TPSA) is 106 Å². The summed E-state index contributed by atoms with van der Waals surface area (Å²) in [7, 11) is 0. The van der Waals surface area contributed by atoms with Crippen LogP contribution in [0.2, 0.25) is 0 Å². The number of halogens is 4. The van der Waals surface area contributed by atoms with E-state index in [1.54, 1.807) is 6.07 Å². The van der Waals surface area contributed by atoms with Crippen LogP contribution in [0.15, 0.2) is 95.7 Å². The van der Waals surface area contributed by atoms with Gasteiger partial charge >= 0.3 is 0 Å². The molecule has 5 aromatic rings. The van der Waals surface area contributed by atoms with E-state index < -0.39 is 0 Å². The lowest BCUT2D eigenvalue weighted by Crippen LogP contribution is -2.34. The van der Waals surface area contributed by atoms with Gasteiger partial charge in [0.25, 0.3) is 17.7 Å². The molecule has 2 atom stereocenters. The second kappa shape index (κ2) is 19.1. The third kappa shape index (κ3) is 8.76. The van der Waals surface area contributed by atoms with E-state index in [-0.39, 0.29) is 23.6 Å². The Bertz CT molecular complexity index is 2580. The SMILES string of the molecule is CCCCC(CC)CN1C(=O)/C(=C2/C(=O)N(CC(CC)CCCC)c3cc(Br)ccc32)c2ccc(Br)cc21.O=C1N=c2cc(Br)ccc2=C1c1c(O)[nH]c2cc(Br)ccc12. The van der Waals surface area contributed by atoms with Gasteiger partial charge in [-0.05, 0) is 73.2 Å². The maximum atomic E-state index is 14.2. The second-order valence-electron chi connectivity index (χ2n) is 15.7. The van der Waals surface area contributed by atoms with Crippen LogP contribution < -0.4 is 20.4 Å². The number of amides is 3. The van der Waals surface area contributed by atoms with Gasteiger partial charge in [0.15, 0.2) is 5.88 Å². The van der Waals surface area contributed by atoms with Gasteiger partial charge in [0.1, 0.15) is 0 Å². The number of nitrogens with zero attached hydrogens (tertiary/aromatic N) is 3. The van der Waals surface area contributed by atoms with Gasteiger partial charge in [-0.2, -0.15) is 0 Å². The fourth-order valence-electron chi connectivity index (χ4n) is 8.53. The first-order valence-electron chi connectivity index (χ1n) is 20.8. The smallest absolute Gasteiger partial charge is 0.279 e. The summed E-state index contributed by atoms with van der Waals surface area (Å²) >= 11 is 14.0. The van der Waals surface area contributed by atoms with Crippen molar-refractivity contribution < 1.29 is 19.5 Å². The Morgan fingerprint density at radius 3 is 1.63 bits per heavy atom. The molecule has 60 heavy (non-hydrogen) atoms. The minimum Gasteiger partial charge on any atom is -0.494 e. The van der Waals surface area contributed by atoms with Crippen molar-refractivity contribution in [2.24, 2.45) is 16.8 Å². The van der Waals surface area contributed by atoms with Crippen LogP contribution in [0.1, 0.15) is 95.8 Å². The highest BCUT2D eigenvalue weighted by Gasteiger charge is 2.43. The Morgan fingerprint density at radius 1 is 0.633 bits per heavy atom. The van der Waals surface area contributed by atoms with E-state index in [9.17, 15) is 19.5 Å². The number of anilines is 2. The molecule has 4 heterocycles. The summed E-state index contributed by atoms with van der Waals surface area (Å²) in [5.74, 6) is 0.390. The van der Waals surface area contributed by atoms with Crippen LogP contribution in [-0.4, -0.2) is 40.9 Å². The Labute approximate surface area is 384 Å². The molecule has 2 N–H and O–H groups in total. The second-order valence-corrected chi connectivity index (χ2v) is 19.4. The fraction of sp³-hybridized carbons (Fsp3) is 0.333. The first kappa shape index (κ1) is 44.2. The highest BCUT2D eigenvalue weighted by Crippen LogP contribution is 2.48. The largest absolute Gasteiger partial charge is 0.494 e. The number of unbranched alkanes of at least 4 members (excludes halogenated alkanes) is 2. The molecule has 8 nitrogen and oxygen atoms in total. The number of carbonyl (C=O) groups is 3. The Morgan fingerprint density at radius 2 is 1.12 bits per heavy atom. The summed E-state index contributed by atoms with van der Waals surface area (Å²) in [6.45, 7) is 10.2. The average Bonchev–Trinajstić information content (AvgIpc) is 3.89. The molecule has 0 aliphatic carbocycles. The number of fused-ring (bicyclic) bond motifs is 4. The lowest BCUT2D eigenvalue weighted by atomic mass is 9.96. The van der Waals surface area contributed by atoms with E-state index in [0.717, 1.165) is 108 Å². The molecule has 3 aliphatic rings. The number of hydrogen-bond donors (Lipinski definition) is 2. The lowest BCUT2D eigenvalue weighted by molar-refractivity contribution is -0.114. The number of benzene rings is 4. The third-order valence-electron chi connectivity index (χ3n) is 11.8. The summed E-state index contributed by atoms with van der Waals surface area (Å²) in [5.41, 5.74) is 6.31. The molecule has 312 valence electrons. The number of H-pyrrole nitrogens is 1. The molecule has 3 aliphatic heterocycles. The van der Waals surface area contributed by atoms with Crippen LogP contribution in [0, 0.1) is 11.8 Å². The molecule has 0 saturated carbocycles. The molecule has 4 aromatic carbocycles. The van der Waals surface area contributed by atoms with Gasteiger partial charge in [-0.15, -0.1) is 0 Å². The predicted octanol–water partition coefficient (Wildman–Crippen LogP) is 12.0. The van der Waals surface area contributed by atoms with Gasteiger partial charge < -0.3 is 19.9 Å². The fourth-order valence-corrected chi connectivity index (χ4v) is 9.94. The lowest BCUT2D eigenvalue weighted by Gasteiger charge is -2.24. The number of aromatic hydroxyl groups is 1. The molecule has 3 amide bonds. The first-order valence-corrected chi connectivity index (χ1v) is 24.0. The number of nitrogens with one attached hydrogen (secondary N) is 1. The molecule has 2 unspecified atom stereocenters. The number of hydrogen-bond acceptors (Lipinski definition) is 4. The van der Waals surface area contributed by atoms with Gasteiger partial charge in [-0.25, -0.2) is 4.99 Å². The molecular weight excluding hydrogens is 1020 g/mol. The summed E-state index contributed by atoms with van der Waals surface area (Å²) in [4.78, 5) is 51.6. The number of carbonyl (C=O) groups excluding carboxylic acids is 3. The van der Waals surface area contributed by atoms with Crippen LogP contribution in [0.3, 0.4) is 0 Å². The molecule has 12 heteroatoms. The predicted molar refractivity (Wildman–Crippen MR) is 257 cm³/mol. The number of aromatic nitrogens is 1. The van der Waals surface area contributed by atoms with Crippen LogP contribution >= 0.6 is 63.7 Å². The van der Waals surface area contributed by atoms with E-state index in [1.165, 1.54) is 0 Å². The van der Waals surface area contributed by atoms with Crippen molar-refractivity contribution in [2.45, 2.75) is 79.1 Å². The molecule has 0 bridgehead atoms. The van der Waals surface area contributed by atoms with Crippen molar-refractivity contribution in [3.05, 3.63) is 118 Å². The molecule has 0 saturated heterocycles. The minimum absolute atomic E-state index is 0.0255. The van der Waals surface area contributed by atoms with Gasteiger partial charge in [0, 0.05) is 52.7 Å². The highest BCUT2D eigenvalue weighted by molar-refractivity contribution is 9.11. The van der Waals surface area contributed by atoms with Crippen LogP contribution in [-0.2, 0) is 14.4 Å². The maximum absolute atomic E-state index is 14.2. The van der Waals surface area contributed by atoms with Crippen molar-refractivity contribution in [3.8, 4) is 5.88 Å². The van der Waals surface area contributed by atoms with Crippen LogP contribution in [0.5, 0.6) is 5.88 Å². The average molecular weight is 1060 g/mol. The van der Waals surface area contributed by atoms with E-state index in [1.807, 2.05) is 76.5 Å². The zero-order valence-electron chi connectivity index (χ0n) is 34.2. The molecule has 1 aromatic heterocycles. The summed E-state index contributed by atoms with van der Waals surface area (Å²) in [5, 5.41) is 12.4. The summed E-state index contributed by atoms with van der Waals surface area (Å²) in [6, 6.07) is 23.1. The van der Waals surface area contributed by atoms with Gasteiger partial charge in [0.05, 0.1) is 44.5 Å². The number of aromatic amines is 1. The zero-order chi connectivity index (χ0) is 42.8. The molecule has 0 spiro atoms. The Hall–Kier alpha value is -3.84. The standard InChI is InChI=1S/C32H40Br2N2O2.C16H8Br2N2O2/c1-5-9-11-21(7-3)19-35-27-17-23(33)13-15-25(27)29(31(35)37)30-26-16-14-24(34)18-28(26)36(32(30)38)20-22(8-4)12-10-6-2;17-7-1-3-9-11(5-7)19-15(21)13(9)14-10-4-2-8(18)6-12(10)20-16(14)22/h13-18,21-22H,5-12,19-20H2,1-4H3;1-6,19,21H/b30-29+;. The highest BCUT2D eigenvalue weighted by atomic mass is 79.9. The summed E-state index contributed by atoms with van der Waals surface area (Å²) in [6.07, 6.45) is 8.87. The van der Waals surface area contributed by atoms with Crippen LogP contribution in [0.4, 0.5) is 11.4 Å². The normalized spacial score (nSPS) is 16.5. The molecule has 0 fully saturated rings. The molecular formula is C48H48Br4N4O4. The maximum Gasteiger partial charge on any atom is 0.279 e. The minimum atomic E-state index is -0.341.